The van der Waals surface area contributed by atoms with Gasteiger partial charge in [-0.1, -0.05) is 6.07 Å². The average molecular weight is 268 g/mol. The third-order valence-corrected chi connectivity index (χ3v) is 2.58. The maximum absolute atomic E-state index is 13.0. The number of benzene rings is 1. The van der Waals surface area contributed by atoms with E-state index in [0.717, 1.165) is 12.1 Å². The second-order valence-electron chi connectivity index (χ2n) is 3.98. The first-order chi connectivity index (χ1) is 8.97. The molecule has 0 fully saturated rings. The van der Waals surface area contributed by atoms with Gasteiger partial charge in [0.2, 0.25) is 5.76 Å². The molecule has 19 heavy (non-hydrogen) atoms. The van der Waals surface area contributed by atoms with Gasteiger partial charge in [-0.05, 0) is 29.8 Å². The zero-order valence-electron chi connectivity index (χ0n) is 9.64. The number of hydrogen-bond donors (Lipinski definition) is 2. The van der Waals surface area contributed by atoms with Crippen LogP contribution in [0.1, 0.15) is 28.0 Å². The van der Waals surface area contributed by atoms with Gasteiger partial charge in [-0.15, -0.1) is 0 Å². The Morgan fingerprint density at radius 3 is 2.53 bits per heavy atom. The van der Waals surface area contributed by atoms with Crippen molar-refractivity contribution in [2.75, 3.05) is 0 Å². The highest BCUT2D eigenvalue weighted by Crippen LogP contribution is 2.21. The van der Waals surface area contributed by atoms with Crippen molar-refractivity contribution in [3.63, 3.8) is 0 Å². The van der Waals surface area contributed by atoms with Gasteiger partial charge in [0.1, 0.15) is 11.9 Å². The molecule has 0 saturated heterocycles. The molecule has 0 aliphatic carbocycles. The van der Waals surface area contributed by atoms with Crippen molar-refractivity contribution >= 4 is 5.97 Å². The number of aliphatic hydroxyl groups excluding tert-OH is 1. The number of rotatable bonds is 4. The summed E-state index contributed by atoms with van der Waals surface area (Å²) in [6, 6.07) is 5.81. The number of carboxylic acids is 1. The van der Waals surface area contributed by atoms with Crippen LogP contribution >= 0.6 is 0 Å². The first kappa shape index (κ1) is 13.2. The molecular formula is C13H10F2O4. The molecule has 0 bridgehead atoms. The van der Waals surface area contributed by atoms with Crippen LogP contribution < -0.4 is 0 Å². The van der Waals surface area contributed by atoms with Crippen LogP contribution in [0, 0.1) is 11.6 Å². The normalized spacial score (nSPS) is 12.4. The quantitative estimate of drug-likeness (QED) is 0.893. The fraction of sp³-hybridized carbons (Fsp3) is 0.154. The number of aromatic carboxylic acids is 1. The third kappa shape index (κ3) is 2.97. The molecule has 100 valence electrons. The van der Waals surface area contributed by atoms with E-state index in [2.05, 4.69) is 0 Å². The minimum absolute atomic E-state index is 0.0101. The first-order valence-electron chi connectivity index (χ1n) is 5.42. The van der Waals surface area contributed by atoms with Gasteiger partial charge in [0.05, 0.1) is 0 Å². The second-order valence-corrected chi connectivity index (χ2v) is 3.98. The molecule has 1 aromatic carbocycles. The summed E-state index contributed by atoms with van der Waals surface area (Å²) in [5, 5.41) is 18.5. The fourth-order valence-electron chi connectivity index (χ4n) is 1.64. The third-order valence-electron chi connectivity index (χ3n) is 2.58. The Morgan fingerprint density at radius 1 is 1.21 bits per heavy atom. The zero-order chi connectivity index (χ0) is 14.0. The molecule has 0 amide bonds. The number of carbonyl (C=O) groups is 1. The summed E-state index contributed by atoms with van der Waals surface area (Å²) < 4.78 is 30.6. The lowest BCUT2D eigenvalue weighted by Gasteiger charge is -2.08. The highest BCUT2D eigenvalue weighted by molar-refractivity contribution is 5.84. The maximum atomic E-state index is 13.0. The van der Waals surface area contributed by atoms with E-state index in [1.54, 1.807) is 0 Å². The van der Waals surface area contributed by atoms with Crippen LogP contribution in [0.3, 0.4) is 0 Å². The maximum Gasteiger partial charge on any atom is 0.371 e. The summed E-state index contributed by atoms with van der Waals surface area (Å²) in [4.78, 5) is 10.6. The van der Waals surface area contributed by atoms with Crippen LogP contribution in [0.5, 0.6) is 0 Å². The SMILES string of the molecule is O=C(O)c1ccc(C(O)Cc2ccc(F)c(F)c2)o1. The van der Waals surface area contributed by atoms with Crippen molar-refractivity contribution < 1.29 is 28.2 Å². The largest absolute Gasteiger partial charge is 0.475 e. The van der Waals surface area contributed by atoms with Crippen LogP contribution in [0.2, 0.25) is 0 Å². The van der Waals surface area contributed by atoms with Gasteiger partial charge in [-0.3, -0.25) is 0 Å². The Bertz CT molecular complexity index is 606. The highest BCUT2D eigenvalue weighted by atomic mass is 19.2. The smallest absolute Gasteiger partial charge is 0.371 e. The predicted octanol–water partition coefficient (Wildman–Crippen LogP) is 2.53. The lowest BCUT2D eigenvalue weighted by molar-refractivity contribution is 0.0651. The molecule has 1 unspecified atom stereocenters. The molecule has 0 spiro atoms. The van der Waals surface area contributed by atoms with Gasteiger partial charge in [-0.2, -0.15) is 0 Å². The number of furan rings is 1. The van der Waals surface area contributed by atoms with Crippen molar-refractivity contribution in [3.8, 4) is 0 Å². The lowest BCUT2D eigenvalue weighted by atomic mass is 10.1. The molecular weight excluding hydrogens is 258 g/mol. The van der Waals surface area contributed by atoms with Gasteiger partial charge in [0.25, 0.3) is 0 Å². The van der Waals surface area contributed by atoms with Crippen molar-refractivity contribution in [2.24, 2.45) is 0 Å². The Labute approximate surface area is 106 Å². The van der Waals surface area contributed by atoms with E-state index < -0.39 is 23.7 Å². The molecule has 0 aliphatic rings. The van der Waals surface area contributed by atoms with Gasteiger partial charge in [0.15, 0.2) is 11.6 Å². The van der Waals surface area contributed by atoms with Crippen LogP contribution in [-0.4, -0.2) is 16.2 Å². The van der Waals surface area contributed by atoms with E-state index in [4.69, 9.17) is 9.52 Å². The van der Waals surface area contributed by atoms with Crippen LogP contribution in [0.25, 0.3) is 0 Å². The Hall–Kier alpha value is -2.21. The summed E-state index contributed by atoms with van der Waals surface area (Å²) in [6.45, 7) is 0. The van der Waals surface area contributed by atoms with E-state index in [-0.39, 0.29) is 17.9 Å². The van der Waals surface area contributed by atoms with Gasteiger partial charge < -0.3 is 14.6 Å². The molecule has 4 nitrogen and oxygen atoms in total. The van der Waals surface area contributed by atoms with E-state index in [9.17, 15) is 18.7 Å². The molecule has 0 radical (unpaired) electrons. The lowest BCUT2D eigenvalue weighted by Crippen LogP contribution is -2.01. The molecule has 1 atom stereocenters. The van der Waals surface area contributed by atoms with Gasteiger partial charge >= 0.3 is 5.97 Å². The first-order valence-corrected chi connectivity index (χ1v) is 5.42. The standard InChI is InChI=1S/C13H10F2O4/c14-8-2-1-7(5-9(8)15)6-10(16)11-3-4-12(19-11)13(17)18/h1-5,10,16H,6H2,(H,17,18). The Balaban J connectivity index is 2.13. The minimum Gasteiger partial charge on any atom is -0.475 e. The van der Waals surface area contributed by atoms with Crippen LogP contribution in [0.15, 0.2) is 34.7 Å². The summed E-state index contributed by atoms with van der Waals surface area (Å²) in [7, 11) is 0. The topological polar surface area (TPSA) is 70.7 Å². The van der Waals surface area contributed by atoms with E-state index >= 15 is 0 Å². The van der Waals surface area contributed by atoms with Gasteiger partial charge in [0, 0.05) is 6.42 Å². The average Bonchev–Trinajstić information content (AvgIpc) is 2.83. The Morgan fingerprint density at radius 2 is 1.95 bits per heavy atom. The van der Waals surface area contributed by atoms with E-state index in [1.165, 1.54) is 18.2 Å². The number of aliphatic hydroxyl groups is 1. The second kappa shape index (κ2) is 5.19. The summed E-state index contributed by atoms with van der Waals surface area (Å²) in [6.07, 6.45) is -1.14. The number of carboxylic acid groups (broad SMARTS) is 1. The summed E-state index contributed by atoms with van der Waals surface area (Å²) in [5.74, 6) is -3.45. The monoisotopic (exact) mass is 268 g/mol. The minimum atomic E-state index is -1.24. The summed E-state index contributed by atoms with van der Waals surface area (Å²) >= 11 is 0. The Kier molecular flexibility index (Phi) is 3.62. The zero-order valence-corrected chi connectivity index (χ0v) is 9.64. The van der Waals surface area contributed by atoms with Crippen LogP contribution in [0.4, 0.5) is 8.78 Å². The van der Waals surface area contributed by atoms with Gasteiger partial charge in [-0.25, -0.2) is 13.6 Å². The molecule has 6 heteroatoms. The van der Waals surface area contributed by atoms with Crippen molar-refractivity contribution in [2.45, 2.75) is 12.5 Å². The van der Waals surface area contributed by atoms with E-state index in [0.29, 0.717) is 5.56 Å². The summed E-state index contributed by atoms with van der Waals surface area (Å²) in [5.41, 5.74) is 0.375. The highest BCUT2D eigenvalue weighted by Gasteiger charge is 2.16. The molecule has 2 aromatic rings. The van der Waals surface area contributed by atoms with Crippen molar-refractivity contribution in [3.05, 3.63) is 59.1 Å². The van der Waals surface area contributed by atoms with Crippen LogP contribution in [-0.2, 0) is 6.42 Å². The predicted molar refractivity (Wildman–Crippen MR) is 60.7 cm³/mol. The molecule has 2 N–H and O–H groups in total. The van der Waals surface area contributed by atoms with E-state index in [1.807, 2.05) is 0 Å². The molecule has 1 aromatic heterocycles. The molecule has 2 rings (SSSR count). The molecule has 0 aliphatic heterocycles. The molecule has 1 heterocycles. The number of halogens is 2. The van der Waals surface area contributed by atoms with Crippen molar-refractivity contribution in [1.82, 2.24) is 0 Å². The molecule has 0 saturated carbocycles. The fourth-order valence-corrected chi connectivity index (χ4v) is 1.64. The van der Waals surface area contributed by atoms with Crippen molar-refractivity contribution in [1.29, 1.82) is 0 Å². The number of hydrogen-bond acceptors (Lipinski definition) is 3.